The predicted octanol–water partition coefficient (Wildman–Crippen LogP) is 2.10. The van der Waals surface area contributed by atoms with Crippen molar-refractivity contribution < 1.29 is 19.5 Å². The summed E-state index contributed by atoms with van der Waals surface area (Å²) in [6, 6.07) is 4.10. The molecule has 7 heteroatoms. The van der Waals surface area contributed by atoms with Crippen molar-refractivity contribution in [2.24, 2.45) is 0 Å². The molecule has 0 amide bonds. The Kier molecular flexibility index (Phi) is 6.44. The van der Waals surface area contributed by atoms with Gasteiger partial charge in [-0.15, -0.1) is 0 Å². The van der Waals surface area contributed by atoms with Crippen LogP contribution in [-0.2, 0) is 0 Å². The average Bonchev–Trinajstić information content (AvgIpc) is 2.42. The maximum absolute atomic E-state index is 10.6. The predicted molar refractivity (Wildman–Crippen MR) is 74.1 cm³/mol. The number of benzene rings is 1. The first-order valence-corrected chi connectivity index (χ1v) is 6.95. The molecule has 106 valence electrons. The Morgan fingerprint density at radius 1 is 1.47 bits per heavy atom. The van der Waals surface area contributed by atoms with Crippen molar-refractivity contribution in [1.29, 1.82) is 0 Å². The number of rotatable bonds is 8. The van der Waals surface area contributed by atoms with Gasteiger partial charge in [0.15, 0.2) is 11.5 Å². The lowest BCUT2D eigenvalue weighted by Crippen LogP contribution is -2.20. The van der Waals surface area contributed by atoms with E-state index < -0.39 is 11.0 Å². The van der Waals surface area contributed by atoms with Gasteiger partial charge >= 0.3 is 0 Å². The number of aliphatic hydroxyl groups excluding tert-OH is 1. The first-order chi connectivity index (χ1) is 9.08. The summed E-state index contributed by atoms with van der Waals surface area (Å²) in [5.74, 6) is 2.18. The average molecular weight is 287 g/mol. The van der Waals surface area contributed by atoms with E-state index >= 15 is 0 Å². The monoisotopic (exact) mass is 287 g/mol. The Morgan fingerprint density at radius 3 is 2.79 bits per heavy atom. The highest BCUT2D eigenvalue weighted by atomic mass is 32.2. The Morgan fingerprint density at radius 2 is 2.21 bits per heavy atom. The van der Waals surface area contributed by atoms with Gasteiger partial charge in [0.2, 0.25) is 0 Å². The van der Waals surface area contributed by atoms with Crippen molar-refractivity contribution in [1.82, 2.24) is 0 Å². The highest BCUT2D eigenvalue weighted by Gasteiger charge is 2.13. The van der Waals surface area contributed by atoms with Crippen LogP contribution in [0.15, 0.2) is 18.2 Å². The lowest BCUT2D eigenvalue weighted by Gasteiger charge is -2.13. The molecular weight excluding hydrogens is 270 g/mol. The third-order valence-corrected chi connectivity index (χ3v) is 3.33. The molecule has 0 aliphatic heterocycles. The van der Waals surface area contributed by atoms with Crippen LogP contribution in [0.1, 0.15) is 6.92 Å². The van der Waals surface area contributed by atoms with E-state index in [2.05, 4.69) is 0 Å². The maximum Gasteiger partial charge on any atom is 0.273 e. The highest BCUT2D eigenvalue weighted by molar-refractivity contribution is 7.99. The quantitative estimate of drug-likeness (QED) is 0.582. The number of nitro benzene ring substituents is 1. The number of thioether (sulfide) groups is 1. The van der Waals surface area contributed by atoms with E-state index in [1.54, 1.807) is 11.8 Å². The Balaban J connectivity index is 2.65. The zero-order valence-corrected chi connectivity index (χ0v) is 11.7. The minimum atomic E-state index is -0.579. The number of nitro groups is 1. The summed E-state index contributed by atoms with van der Waals surface area (Å²) < 4.78 is 10.4. The zero-order chi connectivity index (χ0) is 14.3. The molecule has 0 aliphatic carbocycles. The van der Waals surface area contributed by atoms with Crippen molar-refractivity contribution in [3.05, 3.63) is 28.3 Å². The van der Waals surface area contributed by atoms with Crippen molar-refractivity contribution in [2.75, 3.05) is 25.2 Å². The summed E-state index contributed by atoms with van der Waals surface area (Å²) in [7, 11) is 1.41. The number of nitrogens with zero attached hydrogens (tertiary/aromatic N) is 1. The number of aliphatic hydroxyl groups is 1. The van der Waals surface area contributed by atoms with Gasteiger partial charge in [0, 0.05) is 11.8 Å². The molecule has 0 spiro atoms. The standard InChI is InChI=1S/C12H17NO5S/c1-3-19-8-10(14)7-18-11-5-4-9(13(15)16)6-12(11)17-2/h4-6,10,14H,3,7-8H2,1-2H3. The third kappa shape index (κ3) is 4.96. The molecule has 19 heavy (non-hydrogen) atoms. The van der Waals surface area contributed by atoms with Crippen LogP contribution >= 0.6 is 11.8 Å². The second-order valence-electron chi connectivity index (χ2n) is 3.72. The lowest BCUT2D eigenvalue weighted by atomic mass is 10.3. The van der Waals surface area contributed by atoms with Gasteiger partial charge in [-0.1, -0.05) is 6.92 Å². The third-order valence-electron chi connectivity index (χ3n) is 2.30. The normalized spacial score (nSPS) is 11.9. The van der Waals surface area contributed by atoms with Crippen molar-refractivity contribution in [3.63, 3.8) is 0 Å². The van der Waals surface area contributed by atoms with Crippen LogP contribution in [0.25, 0.3) is 0 Å². The van der Waals surface area contributed by atoms with Crippen LogP contribution in [0.3, 0.4) is 0 Å². The van der Waals surface area contributed by atoms with Crippen LogP contribution in [-0.4, -0.2) is 41.4 Å². The van der Waals surface area contributed by atoms with E-state index in [1.165, 1.54) is 25.3 Å². The summed E-state index contributed by atoms with van der Waals surface area (Å²) >= 11 is 1.62. The number of ether oxygens (including phenoxy) is 2. The molecule has 0 fully saturated rings. The molecular formula is C12H17NO5S. The molecule has 1 rings (SSSR count). The first kappa shape index (κ1) is 15.6. The number of methoxy groups -OCH3 is 1. The SMILES string of the molecule is CCSCC(O)COc1ccc([N+](=O)[O-])cc1OC. The number of hydrogen-bond donors (Lipinski definition) is 1. The summed E-state index contributed by atoms with van der Waals surface area (Å²) in [4.78, 5) is 10.1. The van der Waals surface area contributed by atoms with Crippen LogP contribution in [0.2, 0.25) is 0 Å². The van der Waals surface area contributed by atoms with E-state index in [0.29, 0.717) is 11.5 Å². The van der Waals surface area contributed by atoms with Gasteiger partial charge in [-0.05, 0) is 11.8 Å². The van der Waals surface area contributed by atoms with E-state index in [0.717, 1.165) is 5.75 Å². The largest absolute Gasteiger partial charge is 0.493 e. The minimum absolute atomic E-state index is 0.0636. The second kappa shape index (κ2) is 7.85. The van der Waals surface area contributed by atoms with Gasteiger partial charge in [-0.25, -0.2) is 0 Å². The molecule has 1 N–H and O–H groups in total. The fourth-order valence-electron chi connectivity index (χ4n) is 1.38. The van der Waals surface area contributed by atoms with E-state index in [9.17, 15) is 15.2 Å². The van der Waals surface area contributed by atoms with Crippen LogP contribution in [0, 0.1) is 10.1 Å². The van der Waals surface area contributed by atoms with Gasteiger partial charge in [0.05, 0.1) is 24.2 Å². The Hall–Kier alpha value is -1.47. The smallest absolute Gasteiger partial charge is 0.273 e. The second-order valence-corrected chi connectivity index (χ2v) is 5.04. The molecule has 1 aromatic rings. The maximum atomic E-state index is 10.6. The van der Waals surface area contributed by atoms with E-state index in [-0.39, 0.29) is 18.0 Å². The van der Waals surface area contributed by atoms with E-state index in [1.807, 2.05) is 6.92 Å². The van der Waals surface area contributed by atoms with Gasteiger partial charge in [-0.3, -0.25) is 10.1 Å². The first-order valence-electron chi connectivity index (χ1n) is 5.79. The number of non-ortho nitro benzene ring substituents is 1. The molecule has 1 unspecified atom stereocenters. The van der Waals surface area contributed by atoms with Crippen molar-refractivity contribution in [2.45, 2.75) is 13.0 Å². The summed E-state index contributed by atoms with van der Waals surface area (Å²) in [5.41, 5.74) is -0.0636. The van der Waals surface area contributed by atoms with Gasteiger partial charge < -0.3 is 14.6 Å². The minimum Gasteiger partial charge on any atom is -0.493 e. The summed E-state index contributed by atoms with van der Waals surface area (Å²) in [6.45, 7) is 2.14. The van der Waals surface area contributed by atoms with Gasteiger partial charge in [0.25, 0.3) is 5.69 Å². The topological polar surface area (TPSA) is 81.8 Å². The molecule has 1 atom stereocenters. The van der Waals surface area contributed by atoms with Crippen molar-refractivity contribution >= 4 is 17.4 Å². The molecule has 0 bridgehead atoms. The van der Waals surface area contributed by atoms with Crippen LogP contribution < -0.4 is 9.47 Å². The molecule has 0 radical (unpaired) electrons. The van der Waals surface area contributed by atoms with Crippen LogP contribution in [0.4, 0.5) is 5.69 Å². The van der Waals surface area contributed by atoms with Gasteiger partial charge in [-0.2, -0.15) is 11.8 Å². The molecule has 0 aromatic heterocycles. The summed E-state index contributed by atoms with van der Waals surface area (Å²) in [6.07, 6.45) is -0.579. The fraction of sp³-hybridized carbons (Fsp3) is 0.500. The molecule has 6 nitrogen and oxygen atoms in total. The highest BCUT2D eigenvalue weighted by Crippen LogP contribution is 2.31. The van der Waals surface area contributed by atoms with E-state index in [4.69, 9.17) is 9.47 Å². The molecule has 0 saturated heterocycles. The molecule has 0 heterocycles. The Labute approximate surface area is 115 Å². The molecule has 1 aromatic carbocycles. The molecule has 0 aliphatic rings. The van der Waals surface area contributed by atoms with Crippen molar-refractivity contribution in [3.8, 4) is 11.5 Å². The lowest BCUT2D eigenvalue weighted by molar-refractivity contribution is -0.384. The molecule has 0 saturated carbocycles. The Bertz CT molecular complexity index is 427. The fourth-order valence-corrected chi connectivity index (χ4v) is 1.98. The van der Waals surface area contributed by atoms with Gasteiger partial charge in [0.1, 0.15) is 6.61 Å². The van der Waals surface area contributed by atoms with Crippen LogP contribution in [0.5, 0.6) is 11.5 Å². The summed E-state index contributed by atoms with van der Waals surface area (Å²) in [5, 5.41) is 20.3. The zero-order valence-electron chi connectivity index (χ0n) is 10.9. The number of hydrogen-bond acceptors (Lipinski definition) is 6.